The summed E-state index contributed by atoms with van der Waals surface area (Å²) in [6, 6.07) is 18.2. The van der Waals surface area contributed by atoms with E-state index in [9.17, 15) is 4.79 Å². The molecule has 0 radical (unpaired) electrons. The minimum atomic E-state index is 0.116. The van der Waals surface area contributed by atoms with Gasteiger partial charge in [0, 0.05) is 49.5 Å². The summed E-state index contributed by atoms with van der Waals surface area (Å²) in [5, 5.41) is 3.91. The number of piperidine rings is 1. The van der Waals surface area contributed by atoms with Gasteiger partial charge in [0.2, 0.25) is 0 Å². The molecule has 5 rings (SSSR count). The molecule has 1 aliphatic carbocycles. The van der Waals surface area contributed by atoms with Gasteiger partial charge < -0.3 is 19.9 Å². The highest BCUT2D eigenvalue weighted by atomic mass is 16.5. The van der Waals surface area contributed by atoms with Crippen molar-refractivity contribution in [1.82, 2.24) is 10.2 Å². The topological polar surface area (TPSA) is 44.8 Å². The van der Waals surface area contributed by atoms with E-state index in [0.29, 0.717) is 38.4 Å². The zero-order valence-corrected chi connectivity index (χ0v) is 17.6. The summed E-state index contributed by atoms with van der Waals surface area (Å²) in [6.07, 6.45) is 4.66. The second-order valence-electron chi connectivity index (χ2n) is 8.75. The van der Waals surface area contributed by atoms with Gasteiger partial charge in [-0.05, 0) is 61.1 Å². The van der Waals surface area contributed by atoms with Crippen LogP contribution in [0.3, 0.4) is 0 Å². The van der Waals surface area contributed by atoms with Crippen molar-refractivity contribution in [2.75, 3.05) is 44.3 Å². The van der Waals surface area contributed by atoms with Gasteiger partial charge in [0.25, 0.3) is 5.91 Å². The molecule has 2 aromatic carbocycles. The van der Waals surface area contributed by atoms with Gasteiger partial charge >= 0.3 is 0 Å². The summed E-state index contributed by atoms with van der Waals surface area (Å²) in [4.78, 5) is 17.0. The van der Waals surface area contributed by atoms with Gasteiger partial charge in [-0.25, -0.2) is 0 Å². The van der Waals surface area contributed by atoms with Crippen molar-refractivity contribution in [3.05, 3.63) is 65.2 Å². The van der Waals surface area contributed by atoms with Crippen molar-refractivity contribution in [2.45, 2.75) is 37.8 Å². The monoisotopic (exact) mass is 405 g/mol. The van der Waals surface area contributed by atoms with Crippen LogP contribution >= 0.6 is 0 Å². The fourth-order valence-corrected chi connectivity index (χ4v) is 5.08. The molecule has 0 atom stereocenters. The van der Waals surface area contributed by atoms with Crippen LogP contribution in [0.25, 0.3) is 0 Å². The molecule has 2 aromatic rings. The quantitative estimate of drug-likeness (QED) is 0.850. The zero-order chi connectivity index (χ0) is 20.3. The molecule has 1 amide bonds. The fourth-order valence-electron chi connectivity index (χ4n) is 5.08. The minimum Gasteiger partial charge on any atom is -0.378 e. The number of carbonyl (C=O) groups is 1. The molecule has 0 bridgehead atoms. The largest absolute Gasteiger partial charge is 0.378 e. The van der Waals surface area contributed by atoms with Gasteiger partial charge in [-0.15, -0.1) is 0 Å². The van der Waals surface area contributed by atoms with E-state index in [2.05, 4.69) is 46.6 Å². The van der Waals surface area contributed by atoms with Gasteiger partial charge in [-0.1, -0.05) is 24.3 Å². The molecule has 0 saturated carbocycles. The predicted octanol–water partition coefficient (Wildman–Crippen LogP) is 2.88. The molecule has 5 nitrogen and oxygen atoms in total. The number of anilines is 1. The predicted molar refractivity (Wildman–Crippen MR) is 119 cm³/mol. The first kappa shape index (κ1) is 19.6. The Kier molecular flexibility index (Phi) is 5.73. The number of fused-ring (bicyclic) bond motifs is 1. The number of rotatable bonds is 4. The maximum absolute atomic E-state index is 12.6. The van der Waals surface area contributed by atoms with Crippen molar-refractivity contribution in [3.8, 4) is 0 Å². The number of carbonyl (C=O) groups excluding carboxylic acids is 1. The van der Waals surface area contributed by atoms with Gasteiger partial charge in [0.15, 0.2) is 0 Å². The van der Waals surface area contributed by atoms with Crippen LogP contribution in [0.2, 0.25) is 0 Å². The first-order valence-corrected chi connectivity index (χ1v) is 11.3. The van der Waals surface area contributed by atoms with E-state index in [1.165, 1.54) is 29.7 Å². The van der Waals surface area contributed by atoms with Crippen LogP contribution in [0.15, 0.2) is 48.5 Å². The van der Waals surface area contributed by atoms with Crippen LogP contribution in [0.4, 0.5) is 5.69 Å². The van der Waals surface area contributed by atoms with Crippen LogP contribution in [0.5, 0.6) is 0 Å². The van der Waals surface area contributed by atoms with Crippen molar-refractivity contribution in [2.24, 2.45) is 0 Å². The normalized spacial score (nSPS) is 20.4. The Hall–Kier alpha value is -2.37. The van der Waals surface area contributed by atoms with Crippen LogP contribution in [-0.4, -0.2) is 62.3 Å². The van der Waals surface area contributed by atoms with Gasteiger partial charge in [0.1, 0.15) is 0 Å². The van der Waals surface area contributed by atoms with E-state index >= 15 is 0 Å². The molecule has 0 aromatic heterocycles. The van der Waals surface area contributed by atoms with E-state index in [1.807, 2.05) is 17.0 Å². The Labute approximate surface area is 179 Å². The van der Waals surface area contributed by atoms with E-state index < -0.39 is 0 Å². The SMILES string of the molecule is O=C(c1ccc(N2CCC(NC3Cc4ccccc4C3)CC2)cc1)N1CCOCC1. The third-order valence-electron chi connectivity index (χ3n) is 6.80. The summed E-state index contributed by atoms with van der Waals surface area (Å²) < 4.78 is 5.35. The average molecular weight is 406 g/mol. The lowest BCUT2D eigenvalue weighted by Crippen LogP contribution is -2.46. The highest BCUT2D eigenvalue weighted by Crippen LogP contribution is 2.25. The van der Waals surface area contributed by atoms with E-state index in [-0.39, 0.29) is 5.91 Å². The lowest BCUT2D eigenvalue weighted by atomic mass is 10.0. The third kappa shape index (κ3) is 4.23. The summed E-state index contributed by atoms with van der Waals surface area (Å²) >= 11 is 0. The van der Waals surface area contributed by atoms with Crippen LogP contribution in [0, 0.1) is 0 Å². The molecule has 158 valence electrons. The number of hydrogen-bond donors (Lipinski definition) is 1. The number of morpholine rings is 1. The molecule has 0 unspecified atom stereocenters. The average Bonchev–Trinajstić information content (AvgIpc) is 3.22. The first-order chi connectivity index (χ1) is 14.8. The maximum atomic E-state index is 12.6. The highest BCUT2D eigenvalue weighted by molar-refractivity contribution is 5.94. The number of hydrogen-bond acceptors (Lipinski definition) is 4. The van der Waals surface area contributed by atoms with Crippen molar-refractivity contribution in [3.63, 3.8) is 0 Å². The Balaban J connectivity index is 1.12. The highest BCUT2D eigenvalue weighted by Gasteiger charge is 2.26. The summed E-state index contributed by atoms with van der Waals surface area (Å²) in [5.74, 6) is 0.116. The molecule has 30 heavy (non-hydrogen) atoms. The molecule has 2 heterocycles. The molecule has 2 aliphatic heterocycles. The van der Waals surface area contributed by atoms with Crippen LogP contribution in [-0.2, 0) is 17.6 Å². The van der Waals surface area contributed by atoms with E-state index in [1.54, 1.807) is 0 Å². The molecule has 0 spiro atoms. The van der Waals surface area contributed by atoms with Gasteiger partial charge in [0.05, 0.1) is 13.2 Å². The van der Waals surface area contributed by atoms with Gasteiger partial charge in [-0.2, -0.15) is 0 Å². The van der Waals surface area contributed by atoms with Crippen molar-refractivity contribution < 1.29 is 9.53 Å². The van der Waals surface area contributed by atoms with Crippen LogP contribution in [0.1, 0.15) is 34.3 Å². The molecular weight excluding hydrogens is 374 g/mol. The maximum Gasteiger partial charge on any atom is 0.254 e. The molecule has 3 aliphatic rings. The molecule has 5 heteroatoms. The minimum absolute atomic E-state index is 0.116. The smallest absolute Gasteiger partial charge is 0.254 e. The Morgan fingerprint density at radius 1 is 0.833 bits per heavy atom. The summed E-state index contributed by atoms with van der Waals surface area (Å²) in [6.45, 7) is 4.78. The zero-order valence-electron chi connectivity index (χ0n) is 17.6. The Morgan fingerprint density at radius 3 is 2.10 bits per heavy atom. The molecule has 1 N–H and O–H groups in total. The van der Waals surface area contributed by atoms with Crippen molar-refractivity contribution >= 4 is 11.6 Å². The molecule has 2 fully saturated rings. The van der Waals surface area contributed by atoms with E-state index in [4.69, 9.17) is 4.74 Å². The fraction of sp³-hybridized carbons (Fsp3) is 0.480. The lowest BCUT2D eigenvalue weighted by Gasteiger charge is -2.35. The Morgan fingerprint density at radius 2 is 1.47 bits per heavy atom. The van der Waals surface area contributed by atoms with E-state index in [0.717, 1.165) is 31.5 Å². The second-order valence-corrected chi connectivity index (χ2v) is 8.75. The summed E-state index contributed by atoms with van der Waals surface area (Å²) in [5.41, 5.74) is 5.02. The lowest BCUT2D eigenvalue weighted by molar-refractivity contribution is 0.0303. The summed E-state index contributed by atoms with van der Waals surface area (Å²) in [7, 11) is 0. The standard InChI is InChI=1S/C25H31N3O2/c29-25(28-13-15-30-16-14-28)19-5-7-24(8-6-19)27-11-9-22(10-12-27)26-23-17-20-3-1-2-4-21(20)18-23/h1-8,22-23,26H,9-18H2. The van der Waals surface area contributed by atoms with Crippen molar-refractivity contribution in [1.29, 1.82) is 0 Å². The number of amides is 1. The number of ether oxygens (including phenoxy) is 1. The van der Waals surface area contributed by atoms with Gasteiger partial charge in [-0.3, -0.25) is 4.79 Å². The molecular formula is C25H31N3O2. The second kappa shape index (κ2) is 8.78. The van der Waals surface area contributed by atoms with Crippen LogP contribution < -0.4 is 10.2 Å². The number of nitrogens with zero attached hydrogens (tertiary/aromatic N) is 2. The first-order valence-electron chi connectivity index (χ1n) is 11.3. The Bertz CT molecular complexity index is 843. The number of benzene rings is 2. The number of nitrogens with one attached hydrogen (secondary N) is 1. The third-order valence-corrected chi connectivity index (χ3v) is 6.80. The molecule has 2 saturated heterocycles.